The molecule has 2 rings (SSSR count). The third-order valence-corrected chi connectivity index (χ3v) is 4.12. The molecule has 0 radical (unpaired) electrons. The quantitative estimate of drug-likeness (QED) is 0.817. The molecule has 16 heavy (non-hydrogen) atoms. The highest BCUT2D eigenvalue weighted by Crippen LogP contribution is 2.33. The number of aryl methyl sites for hydroxylation is 1. The average Bonchev–Trinajstić information content (AvgIpc) is 2.70. The minimum absolute atomic E-state index is 0.501. The van der Waals surface area contributed by atoms with Crippen LogP contribution in [0.4, 0.5) is 0 Å². The molecule has 1 aliphatic carbocycles. The van der Waals surface area contributed by atoms with Gasteiger partial charge in [0.25, 0.3) is 0 Å². The first kappa shape index (κ1) is 11.8. The summed E-state index contributed by atoms with van der Waals surface area (Å²) >= 11 is 5.33. The van der Waals surface area contributed by atoms with Crippen LogP contribution in [0.25, 0.3) is 0 Å². The SMILES string of the molecule is CCc1n[nH]c(=S)n1C(C)C1CCCCC1. The lowest BCUT2D eigenvalue weighted by Crippen LogP contribution is -2.21. The van der Waals surface area contributed by atoms with E-state index in [-0.39, 0.29) is 0 Å². The molecule has 1 aliphatic rings. The second-order valence-corrected chi connectivity index (χ2v) is 5.19. The fourth-order valence-corrected chi connectivity index (χ4v) is 3.15. The van der Waals surface area contributed by atoms with E-state index in [1.807, 2.05) is 0 Å². The Labute approximate surface area is 102 Å². The van der Waals surface area contributed by atoms with Crippen LogP contribution in [0, 0.1) is 10.7 Å². The van der Waals surface area contributed by atoms with Crippen LogP contribution in [0.15, 0.2) is 0 Å². The van der Waals surface area contributed by atoms with Gasteiger partial charge in [0, 0.05) is 12.5 Å². The molecule has 0 aliphatic heterocycles. The summed E-state index contributed by atoms with van der Waals surface area (Å²) in [4.78, 5) is 0. The van der Waals surface area contributed by atoms with Crippen molar-refractivity contribution in [2.75, 3.05) is 0 Å². The first-order valence-corrected chi connectivity index (χ1v) is 6.80. The predicted octanol–water partition coefficient (Wildman–Crippen LogP) is 3.64. The minimum atomic E-state index is 0.501. The summed E-state index contributed by atoms with van der Waals surface area (Å²) in [7, 11) is 0. The van der Waals surface area contributed by atoms with Gasteiger partial charge in [0.2, 0.25) is 0 Å². The number of H-pyrrole nitrogens is 1. The van der Waals surface area contributed by atoms with Gasteiger partial charge in [0.15, 0.2) is 4.77 Å². The highest BCUT2D eigenvalue weighted by molar-refractivity contribution is 7.71. The van der Waals surface area contributed by atoms with E-state index in [0.29, 0.717) is 6.04 Å². The van der Waals surface area contributed by atoms with Crippen LogP contribution >= 0.6 is 12.2 Å². The molecule has 90 valence electrons. The van der Waals surface area contributed by atoms with Crippen molar-refractivity contribution in [3.8, 4) is 0 Å². The zero-order valence-electron chi connectivity index (χ0n) is 10.2. The second kappa shape index (κ2) is 5.13. The Morgan fingerprint density at radius 1 is 1.44 bits per heavy atom. The van der Waals surface area contributed by atoms with Crippen LogP contribution in [0.1, 0.15) is 57.8 Å². The molecule has 0 saturated heterocycles. The number of aromatic amines is 1. The number of nitrogens with one attached hydrogen (secondary N) is 1. The topological polar surface area (TPSA) is 33.6 Å². The van der Waals surface area contributed by atoms with Crippen molar-refractivity contribution in [2.45, 2.75) is 58.4 Å². The van der Waals surface area contributed by atoms with Crippen LogP contribution in [0.5, 0.6) is 0 Å². The molecule has 1 fully saturated rings. The smallest absolute Gasteiger partial charge is 0.195 e. The van der Waals surface area contributed by atoms with E-state index in [1.54, 1.807) is 0 Å². The Morgan fingerprint density at radius 3 is 2.75 bits per heavy atom. The Balaban J connectivity index is 2.21. The first-order valence-electron chi connectivity index (χ1n) is 6.39. The maximum atomic E-state index is 5.33. The molecule has 3 nitrogen and oxygen atoms in total. The summed E-state index contributed by atoms with van der Waals surface area (Å²) in [6.45, 7) is 4.43. The van der Waals surface area contributed by atoms with Gasteiger partial charge >= 0.3 is 0 Å². The summed E-state index contributed by atoms with van der Waals surface area (Å²) in [5.74, 6) is 1.88. The van der Waals surface area contributed by atoms with Gasteiger partial charge in [-0.1, -0.05) is 26.2 Å². The lowest BCUT2D eigenvalue weighted by atomic mass is 9.84. The summed E-state index contributed by atoms with van der Waals surface area (Å²) in [5.41, 5.74) is 0. The van der Waals surface area contributed by atoms with Crippen LogP contribution in [0.2, 0.25) is 0 Å². The van der Waals surface area contributed by atoms with Gasteiger partial charge in [-0.25, -0.2) is 0 Å². The van der Waals surface area contributed by atoms with E-state index < -0.39 is 0 Å². The van der Waals surface area contributed by atoms with Crippen LogP contribution in [-0.2, 0) is 6.42 Å². The second-order valence-electron chi connectivity index (χ2n) is 4.81. The number of hydrogen-bond acceptors (Lipinski definition) is 2. The first-order chi connectivity index (χ1) is 7.74. The average molecular weight is 239 g/mol. The molecular formula is C12H21N3S. The Morgan fingerprint density at radius 2 is 2.12 bits per heavy atom. The van der Waals surface area contributed by atoms with Gasteiger partial charge in [-0.3, -0.25) is 5.10 Å². The van der Waals surface area contributed by atoms with Crippen molar-refractivity contribution in [1.29, 1.82) is 0 Å². The molecule has 1 unspecified atom stereocenters. The summed E-state index contributed by atoms with van der Waals surface area (Å²) in [6.07, 6.45) is 7.79. The Kier molecular flexibility index (Phi) is 3.79. The van der Waals surface area contributed by atoms with Crippen LogP contribution in [-0.4, -0.2) is 14.8 Å². The Hall–Kier alpha value is -0.640. The molecule has 0 spiro atoms. The van der Waals surface area contributed by atoms with Crippen LogP contribution in [0.3, 0.4) is 0 Å². The molecule has 1 aromatic rings. The lowest BCUT2D eigenvalue weighted by Gasteiger charge is -2.29. The van der Waals surface area contributed by atoms with Crippen molar-refractivity contribution >= 4 is 12.2 Å². The van der Waals surface area contributed by atoms with Crippen molar-refractivity contribution in [1.82, 2.24) is 14.8 Å². The molecule has 1 saturated carbocycles. The molecule has 1 N–H and O–H groups in total. The number of hydrogen-bond donors (Lipinski definition) is 1. The molecular weight excluding hydrogens is 218 g/mol. The van der Waals surface area contributed by atoms with E-state index in [4.69, 9.17) is 12.2 Å². The monoisotopic (exact) mass is 239 g/mol. The highest BCUT2D eigenvalue weighted by atomic mass is 32.1. The zero-order chi connectivity index (χ0) is 11.5. The van der Waals surface area contributed by atoms with Gasteiger partial charge in [-0.2, -0.15) is 5.10 Å². The molecule has 4 heteroatoms. The van der Waals surface area contributed by atoms with Crippen molar-refractivity contribution in [3.05, 3.63) is 10.6 Å². The molecule has 1 heterocycles. The van der Waals surface area contributed by atoms with E-state index in [0.717, 1.165) is 22.9 Å². The van der Waals surface area contributed by atoms with Crippen molar-refractivity contribution < 1.29 is 0 Å². The molecule has 0 amide bonds. The molecule has 0 bridgehead atoms. The summed E-state index contributed by atoms with van der Waals surface area (Å²) in [6, 6.07) is 0.501. The van der Waals surface area contributed by atoms with Crippen molar-refractivity contribution in [2.24, 2.45) is 5.92 Å². The third-order valence-electron chi connectivity index (χ3n) is 3.83. The predicted molar refractivity (Wildman–Crippen MR) is 68.1 cm³/mol. The standard InChI is InChI=1S/C12H21N3S/c1-3-11-13-14-12(16)15(11)9(2)10-7-5-4-6-8-10/h9-10H,3-8H2,1-2H3,(H,14,16). The number of aromatic nitrogens is 3. The van der Waals surface area contributed by atoms with Gasteiger partial charge in [0.05, 0.1) is 0 Å². The molecule has 1 aromatic heterocycles. The summed E-state index contributed by atoms with van der Waals surface area (Å²) < 4.78 is 3.01. The van der Waals surface area contributed by atoms with Crippen molar-refractivity contribution in [3.63, 3.8) is 0 Å². The number of nitrogens with zero attached hydrogens (tertiary/aromatic N) is 2. The molecule has 1 atom stereocenters. The minimum Gasteiger partial charge on any atom is -0.301 e. The Bertz CT molecular complexity index is 387. The zero-order valence-corrected chi connectivity index (χ0v) is 11.0. The normalized spacial score (nSPS) is 19.9. The largest absolute Gasteiger partial charge is 0.301 e. The van der Waals surface area contributed by atoms with Gasteiger partial charge in [-0.15, -0.1) is 0 Å². The fraction of sp³-hybridized carbons (Fsp3) is 0.833. The third kappa shape index (κ3) is 2.21. The number of rotatable bonds is 3. The van der Waals surface area contributed by atoms with E-state index in [9.17, 15) is 0 Å². The molecule has 0 aromatic carbocycles. The maximum Gasteiger partial charge on any atom is 0.195 e. The van der Waals surface area contributed by atoms with E-state index in [1.165, 1.54) is 32.1 Å². The van der Waals surface area contributed by atoms with Gasteiger partial charge < -0.3 is 4.57 Å². The fourth-order valence-electron chi connectivity index (χ4n) is 2.83. The maximum absolute atomic E-state index is 5.33. The lowest BCUT2D eigenvalue weighted by molar-refractivity contribution is 0.258. The van der Waals surface area contributed by atoms with E-state index in [2.05, 4.69) is 28.6 Å². The van der Waals surface area contributed by atoms with Gasteiger partial charge in [-0.05, 0) is 37.9 Å². The summed E-state index contributed by atoms with van der Waals surface area (Å²) in [5, 5.41) is 7.22. The van der Waals surface area contributed by atoms with E-state index >= 15 is 0 Å². The van der Waals surface area contributed by atoms with Crippen LogP contribution < -0.4 is 0 Å². The highest BCUT2D eigenvalue weighted by Gasteiger charge is 2.23. The van der Waals surface area contributed by atoms with Gasteiger partial charge in [0.1, 0.15) is 5.82 Å².